The van der Waals surface area contributed by atoms with Crippen LogP contribution in [0.2, 0.25) is 0 Å². The number of carbonyl (C=O) groups is 1. The molecule has 0 amide bonds. The Morgan fingerprint density at radius 1 is 1.21 bits per heavy atom. The van der Waals surface area contributed by atoms with Crippen molar-refractivity contribution in [2.45, 2.75) is 11.8 Å². The minimum absolute atomic E-state index is 0.0793. The molecule has 2 rings (SSSR count). The summed E-state index contributed by atoms with van der Waals surface area (Å²) in [6, 6.07) is 6.93. The third-order valence-corrected chi connectivity index (χ3v) is 4.37. The lowest BCUT2D eigenvalue weighted by atomic mass is 10.2. The average molecular weight is 357 g/mol. The zero-order valence-corrected chi connectivity index (χ0v) is 13.2. The van der Waals surface area contributed by atoms with Crippen molar-refractivity contribution in [2.75, 3.05) is 11.3 Å². The number of carboxylic acids is 1. The van der Waals surface area contributed by atoms with Crippen LogP contribution in [0.1, 0.15) is 17.3 Å². The number of rotatable bonds is 6. The van der Waals surface area contributed by atoms with Crippen LogP contribution in [0.5, 0.6) is 5.75 Å². The van der Waals surface area contributed by atoms with Crippen LogP contribution in [0.15, 0.2) is 41.3 Å². The van der Waals surface area contributed by atoms with Gasteiger partial charge in [-0.05, 0) is 31.2 Å². The van der Waals surface area contributed by atoms with Crippen molar-refractivity contribution in [1.29, 1.82) is 0 Å². The number of nitrogens with one attached hydrogen (secondary N) is 1. The Morgan fingerprint density at radius 2 is 1.79 bits per heavy atom. The molecule has 24 heavy (non-hydrogen) atoms. The highest BCUT2D eigenvalue weighted by atomic mass is 32.2. The molecule has 0 spiro atoms. The summed E-state index contributed by atoms with van der Waals surface area (Å²) in [4.78, 5) is 10.5. The van der Waals surface area contributed by atoms with Gasteiger partial charge in [-0.1, -0.05) is 12.1 Å². The SMILES string of the molecule is CCOc1ccccc1S(=O)(=O)Nc1cc(F)c(C(=O)O)c(F)c1. The molecule has 2 aromatic rings. The first-order valence-corrected chi connectivity index (χ1v) is 8.21. The molecule has 2 aromatic carbocycles. The Kier molecular flexibility index (Phi) is 5.03. The minimum Gasteiger partial charge on any atom is -0.492 e. The third kappa shape index (κ3) is 3.62. The van der Waals surface area contributed by atoms with E-state index >= 15 is 0 Å². The second-order valence-corrected chi connectivity index (χ2v) is 6.26. The van der Waals surface area contributed by atoms with Gasteiger partial charge in [-0.3, -0.25) is 4.72 Å². The molecule has 0 bridgehead atoms. The summed E-state index contributed by atoms with van der Waals surface area (Å²) in [5.41, 5.74) is -1.60. The summed E-state index contributed by atoms with van der Waals surface area (Å²) in [5, 5.41) is 8.71. The summed E-state index contributed by atoms with van der Waals surface area (Å²) >= 11 is 0. The predicted molar refractivity (Wildman–Crippen MR) is 81.7 cm³/mol. The van der Waals surface area contributed by atoms with Crippen molar-refractivity contribution >= 4 is 21.7 Å². The van der Waals surface area contributed by atoms with E-state index in [-0.39, 0.29) is 17.3 Å². The van der Waals surface area contributed by atoms with Crippen molar-refractivity contribution < 1.29 is 31.8 Å². The van der Waals surface area contributed by atoms with Crippen LogP contribution in [0, 0.1) is 11.6 Å². The van der Waals surface area contributed by atoms with Crippen molar-refractivity contribution in [3.05, 3.63) is 53.6 Å². The topological polar surface area (TPSA) is 92.7 Å². The smallest absolute Gasteiger partial charge is 0.341 e. The van der Waals surface area contributed by atoms with Gasteiger partial charge < -0.3 is 9.84 Å². The molecule has 0 radical (unpaired) electrons. The van der Waals surface area contributed by atoms with Crippen LogP contribution in [-0.2, 0) is 10.0 Å². The number of aromatic carboxylic acids is 1. The quantitative estimate of drug-likeness (QED) is 0.829. The van der Waals surface area contributed by atoms with Gasteiger partial charge in [0.15, 0.2) is 0 Å². The van der Waals surface area contributed by atoms with Crippen molar-refractivity contribution in [3.8, 4) is 5.75 Å². The van der Waals surface area contributed by atoms with Crippen LogP contribution in [0.4, 0.5) is 14.5 Å². The summed E-state index contributed by atoms with van der Waals surface area (Å²) in [7, 11) is -4.19. The summed E-state index contributed by atoms with van der Waals surface area (Å²) in [6.07, 6.45) is 0. The van der Waals surface area contributed by atoms with Gasteiger partial charge in [-0.2, -0.15) is 0 Å². The lowest BCUT2D eigenvalue weighted by Gasteiger charge is -2.13. The molecule has 0 saturated heterocycles. The first-order chi connectivity index (χ1) is 11.3. The highest BCUT2D eigenvalue weighted by molar-refractivity contribution is 7.92. The fourth-order valence-corrected chi connectivity index (χ4v) is 3.18. The molecule has 0 heterocycles. The Morgan fingerprint density at radius 3 is 2.33 bits per heavy atom. The monoisotopic (exact) mass is 357 g/mol. The fourth-order valence-electron chi connectivity index (χ4n) is 1.99. The molecular weight excluding hydrogens is 344 g/mol. The van der Waals surface area contributed by atoms with Gasteiger partial charge >= 0.3 is 5.97 Å². The molecule has 9 heteroatoms. The van der Waals surface area contributed by atoms with Gasteiger partial charge in [0.05, 0.1) is 12.3 Å². The van der Waals surface area contributed by atoms with E-state index in [2.05, 4.69) is 0 Å². The molecule has 0 aromatic heterocycles. The number of hydrogen-bond donors (Lipinski definition) is 2. The van der Waals surface area contributed by atoms with Crippen LogP contribution in [-0.4, -0.2) is 26.1 Å². The van der Waals surface area contributed by atoms with E-state index < -0.39 is 38.9 Å². The predicted octanol–water partition coefficient (Wildman–Crippen LogP) is 2.86. The Bertz CT molecular complexity index is 860. The number of hydrogen-bond acceptors (Lipinski definition) is 4. The van der Waals surface area contributed by atoms with Gasteiger partial charge in [0.1, 0.15) is 27.8 Å². The number of carboxylic acid groups (broad SMARTS) is 1. The Balaban J connectivity index is 2.42. The molecule has 0 atom stereocenters. The molecule has 6 nitrogen and oxygen atoms in total. The molecule has 0 aliphatic rings. The van der Waals surface area contributed by atoms with E-state index in [1.807, 2.05) is 4.72 Å². The lowest BCUT2D eigenvalue weighted by molar-refractivity contribution is 0.0686. The van der Waals surface area contributed by atoms with E-state index in [0.717, 1.165) is 0 Å². The highest BCUT2D eigenvalue weighted by Crippen LogP contribution is 2.27. The van der Waals surface area contributed by atoms with E-state index in [9.17, 15) is 22.0 Å². The molecule has 0 fully saturated rings. The van der Waals surface area contributed by atoms with E-state index in [0.29, 0.717) is 12.1 Å². The molecule has 128 valence electrons. The Labute approximate surface area is 136 Å². The average Bonchev–Trinajstić information content (AvgIpc) is 2.46. The summed E-state index contributed by atoms with van der Waals surface area (Å²) in [5.74, 6) is -4.49. The van der Waals surface area contributed by atoms with Crippen LogP contribution < -0.4 is 9.46 Å². The highest BCUT2D eigenvalue weighted by Gasteiger charge is 2.22. The molecule has 0 aliphatic carbocycles. The molecule has 0 saturated carbocycles. The number of para-hydroxylation sites is 1. The molecule has 2 N–H and O–H groups in total. The van der Waals surface area contributed by atoms with Crippen molar-refractivity contribution in [3.63, 3.8) is 0 Å². The van der Waals surface area contributed by atoms with Crippen LogP contribution in [0.3, 0.4) is 0 Å². The third-order valence-electron chi connectivity index (χ3n) is 2.95. The molecular formula is C15H13F2NO5S. The summed E-state index contributed by atoms with van der Waals surface area (Å²) < 4.78 is 59.3. The number of anilines is 1. The van der Waals surface area contributed by atoms with Gasteiger partial charge in [0.2, 0.25) is 0 Å². The lowest BCUT2D eigenvalue weighted by Crippen LogP contribution is -2.15. The van der Waals surface area contributed by atoms with E-state index in [1.54, 1.807) is 13.0 Å². The zero-order chi connectivity index (χ0) is 17.9. The largest absolute Gasteiger partial charge is 0.492 e. The van der Waals surface area contributed by atoms with Gasteiger partial charge in [0.25, 0.3) is 10.0 Å². The van der Waals surface area contributed by atoms with Crippen LogP contribution in [0.25, 0.3) is 0 Å². The van der Waals surface area contributed by atoms with Crippen molar-refractivity contribution in [1.82, 2.24) is 0 Å². The molecule has 0 unspecified atom stereocenters. The fraction of sp³-hybridized carbons (Fsp3) is 0.133. The van der Waals surface area contributed by atoms with Gasteiger partial charge in [0, 0.05) is 0 Å². The van der Waals surface area contributed by atoms with Gasteiger partial charge in [-0.25, -0.2) is 22.0 Å². The number of halogens is 2. The summed E-state index contributed by atoms with van der Waals surface area (Å²) in [6.45, 7) is 1.90. The number of benzene rings is 2. The second kappa shape index (κ2) is 6.83. The maximum Gasteiger partial charge on any atom is 0.341 e. The Hall–Kier alpha value is -2.68. The normalized spacial score (nSPS) is 11.1. The standard InChI is InChI=1S/C15H13F2NO5S/c1-2-23-12-5-3-4-6-13(12)24(21,22)18-9-7-10(16)14(15(19)20)11(17)8-9/h3-8,18H,2H2,1H3,(H,19,20). The maximum atomic E-state index is 13.7. The maximum absolute atomic E-state index is 13.7. The van der Waals surface area contributed by atoms with E-state index in [4.69, 9.17) is 9.84 Å². The van der Waals surface area contributed by atoms with Gasteiger partial charge in [-0.15, -0.1) is 0 Å². The zero-order valence-electron chi connectivity index (χ0n) is 12.4. The van der Waals surface area contributed by atoms with Crippen molar-refractivity contribution in [2.24, 2.45) is 0 Å². The second-order valence-electron chi connectivity index (χ2n) is 4.61. The number of ether oxygens (including phenoxy) is 1. The first kappa shape index (κ1) is 17.7. The van der Waals surface area contributed by atoms with E-state index in [1.165, 1.54) is 18.2 Å². The number of sulfonamides is 1. The minimum atomic E-state index is -4.19. The van der Waals surface area contributed by atoms with Crippen LogP contribution >= 0.6 is 0 Å². The first-order valence-electron chi connectivity index (χ1n) is 6.73. The molecule has 0 aliphatic heterocycles.